The molecule has 0 aromatic carbocycles. The lowest BCUT2D eigenvalue weighted by molar-refractivity contribution is -0.123. The fraction of sp³-hybridized carbons (Fsp3) is 0.421. The van der Waals surface area contributed by atoms with Crippen LogP contribution in [-0.4, -0.2) is 42.0 Å². The lowest BCUT2D eigenvalue weighted by atomic mass is 9.96. The van der Waals surface area contributed by atoms with Gasteiger partial charge in [0.05, 0.1) is 20.2 Å². The Bertz CT molecular complexity index is 744. The number of carbonyl (C=O) groups excluding carboxylic acids is 2. The van der Waals surface area contributed by atoms with Crippen molar-refractivity contribution < 1.29 is 18.7 Å². The molecule has 0 radical (unpaired) electrons. The first-order valence-corrected chi connectivity index (χ1v) is 8.75. The van der Waals surface area contributed by atoms with Gasteiger partial charge in [-0.05, 0) is 43.1 Å². The number of methoxy groups -OCH3 is 1. The van der Waals surface area contributed by atoms with Gasteiger partial charge in [0.15, 0.2) is 0 Å². The highest BCUT2D eigenvalue weighted by Crippen LogP contribution is 2.29. The van der Waals surface area contributed by atoms with E-state index in [1.54, 1.807) is 12.3 Å². The summed E-state index contributed by atoms with van der Waals surface area (Å²) < 4.78 is 9.95. The van der Waals surface area contributed by atoms with Crippen molar-refractivity contribution in [3.63, 3.8) is 0 Å². The number of hydrogen-bond acceptors (Lipinski definition) is 6. The smallest absolute Gasteiger partial charge is 0.373 e. The molecule has 1 aliphatic heterocycles. The Morgan fingerprint density at radius 3 is 3.00 bits per heavy atom. The van der Waals surface area contributed by atoms with Crippen molar-refractivity contribution in [1.82, 2.24) is 15.2 Å². The fourth-order valence-electron chi connectivity index (χ4n) is 3.24. The van der Waals surface area contributed by atoms with Gasteiger partial charge in [-0.1, -0.05) is 12.5 Å². The highest BCUT2D eigenvalue weighted by Gasteiger charge is 2.25. The molecule has 1 aliphatic rings. The fourth-order valence-corrected chi connectivity index (χ4v) is 3.24. The summed E-state index contributed by atoms with van der Waals surface area (Å²) in [6.07, 6.45) is 6.90. The Morgan fingerprint density at radius 1 is 1.35 bits per heavy atom. The molecule has 1 unspecified atom stereocenters. The number of nitrogens with zero attached hydrogens (tertiary/aromatic N) is 2. The highest BCUT2D eigenvalue weighted by atomic mass is 16.5. The van der Waals surface area contributed by atoms with Crippen LogP contribution >= 0.6 is 0 Å². The predicted molar refractivity (Wildman–Crippen MR) is 94.3 cm³/mol. The number of likely N-dealkylation sites (tertiary alicyclic amines) is 1. The third-order valence-corrected chi connectivity index (χ3v) is 4.54. The summed E-state index contributed by atoms with van der Waals surface area (Å²) in [5.74, 6) is 0.0395. The van der Waals surface area contributed by atoms with Gasteiger partial charge in [0.25, 0.3) is 0 Å². The molecule has 0 spiro atoms. The van der Waals surface area contributed by atoms with Crippen molar-refractivity contribution in [2.45, 2.75) is 31.8 Å². The summed E-state index contributed by atoms with van der Waals surface area (Å²) in [5.41, 5.74) is 1.15. The van der Waals surface area contributed by atoms with Crippen molar-refractivity contribution in [3.05, 3.63) is 53.7 Å². The van der Waals surface area contributed by atoms with Crippen LogP contribution in [0, 0.1) is 0 Å². The summed E-state index contributed by atoms with van der Waals surface area (Å²) in [5, 5.41) is 2.85. The minimum atomic E-state index is -0.532. The molecule has 26 heavy (non-hydrogen) atoms. The molecule has 0 bridgehead atoms. The first-order valence-electron chi connectivity index (χ1n) is 8.75. The number of aromatic nitrogens is 1. The molecule has 7 heteroatoms. The molecule has 2 aromatic rings. The van der Waals surface area contributed by atoms with E-state index in [-0.39, 0.29) is 24.3 Å². The number of rotatable bonds is 6. The highest BCUT2D eigenvalue weighted by molar-refractivity contribution is 5.86. The van der Waals surface area contributed by atoms with Crippen molar-refractivity contribution in [2.75, 3.05) is 20.2 Å². The molecule has 7 nitrogen and oxygen atoms in total. The number of pyridine rings is 1. The number of amides is 1. The van der Waals surface area contributed by atoms with E-state index in [4.69, 9.17) is 4.42 Å². The van der Waals surface area contributed by atoms with Gasteiger partial charge < -0.3 is 14.5 Å². The second-order valence-electron chi connectivity index (χ2n) is 6.30. The quantitative estimate of drug-likeness (QED) is 0.799. The normalized spacial score (nSPS) is 17.7. The molecule has 0 aliphatic carbocycles. The van der Waals surface area contributed by atoms with Crippen LogP contribution in [0.5, 0.6) is 0 Å². The van der Waals surface area contributed by atoms with Crippen molar-refractivity contribution in [1.29, 1.82) is 0 Å². The van der Waals surface area contributed by atoms with Gasteiger partial charge in [-0.25, -0.2) is 4.79 Å². The van der Waals surface area contributed by atoms with E-state index in [9.17, 15) is 9.59 Å². The maximum Gasteiger partial charge on any atom is 0.373 e. The molecule has 1 fully saturated rings. The van der Waals surface area contributed by atoms with Gasteiger partial charge >= 0.3 is 5.97 Å². The molecule has 1 saturated heterocycles. The van der Waals surface area contributed by atoms with Crippen LogP contribution in [0.2, 0.25) is 0 Å². The molecule has 2 aromatic heterocycles. The Hall–Kier alpha value is -2.67. The molecule has 3 rings (SSSR count). The van der Waals surface area contributed by atoms with E-state index in [1.807, 2.05) is 12.3 Å². The summed E-state index contributed by atoms with van der Waals surface area (Å²) >= 11 is 0. The maximum atomic E-state index is 12.4. The maximum absolute atomic E-state index is 12.4. The number of ether oxygens (including phenoxy) is 1. The summed E-state index contributed by atoms with van der Waals surface area (Å²) in [6.45, 7) is 1.45. The Balaban J connectivity index is 1.55. The Morgan fingerprint density at radius 2 is 2.23 bits per heavy atom. The largest absolute Gasteiger partial charge is 0.463 e. The van der Waals surface area contributed by atoms with Crippen LogP contribution in [0.1, 0.15) is 47.2 Å². The van der Waals surface area contributed by atoms with E-state index in [2.05, 4.69) is 26.0 Å². The topological polar surface area (TPSA) is 84.7 Å². The second kappa shape index (κ2) is 8.62. The lowest BCUT2D eigenvalue weighted by Gasteiger charge is -2.35. The zero-order valence-corrected chi connectivity index (χ0v) is 14.8. The first-order chi connectivity index (χ1) is 12.7. The molecule has 138 valence electrons. The van der Waals surface area contributed by atoms with Crippen LogP contribution in [-0.2, 0) is 16.1 Å². The molecule has 3 heterocycles. The zero-order chi connectivity index (χ0) is 18.4. The summed E-state index contributed by atoms with van der Waals surface area (Å²) in [7, 11) is 1.30. The van der Waals surface area contributed by atoms with Crippen LogP contribution in [0.15, 0.2) is 41.1 Å². The van der Waals surface area contributed by atoms with Gasteiger partial charge in [-0.3, -0.25) is 14.7 Å². The third-order valence-electron chi connectivity index (χ3n) is 4.54. The minimum absolute atomic E-state index is 0.0724. The monoisotopic (exact) mass is 357 g/mol. The third kappa shape index (κ3) is 4.49. The van der Waals surface area contributed by atoms with E-state index in [1.165, 1.54) is 13.2 Å². The van der Waals surface area contributed by atoms with Crippen molar-refractivity contribution in [3.8, 4) is 0 Å². The van der Waals surface area contributed by atoms with Crippen LogP contribution < -0.4 is 5.32 Å². The molecule has 1 N–H and O–H groups in total. The molecule has 1 atom stereocenters. The van der Waals surface area contributed by atoms with Gasteiger partial charge in [-0.15, -0.1) is 0 Å². The average Bonchev–Trinajstić information content (AvgIpc) is 3.16. The summed E-state index contributed by atoms with van der Waals surface area (Å²) in [4.78, 5) is 30.1. The number of esters is 1. The second-order valence-corrected chi connectivity index (χ2v) is 6.30. The minimum Gasteiger partial charge on any atom is -0.463 e. The zero-order valence-electron chi connectivity index (χ0n) is 14.8. The number of nitrogens with one attached hydrogen (secondary N) is 1. The number of piperidine rings is 1. The van der Waals surface area contributed by atoms with E-state index in [0.717, 1.165) is 31.4 Å². The molecule has 1 amide bonds. The Kier molecular flexibility index (Phi) is 6.01. The molecule has 0 saturated carbocycles. The van der Waals surface area contributed by atoms with E-state index < -0.39 is 5.97 Å². The van der Waals surface area contributed by atoms with Crippen molar-refractivity contribution >= 4 is 11.9 Å². The predicted octanol–water partition coefficient (Wildman–Crippen LogP) is 2.30. The number of carbonyl (C=O) groups is 2. The SMILES string of the molecule is COC(=O)c1ccc(CNC(=O)CN2CCCCC2c2cccnc2)o1. The molecular weight excluding hydrogens is 334 g/mol. The van der Waals surface area contributed by atoms with Gasteiger partial charge in [0.1, 0.15) is 5.76 Å². The first kappa shape index (κ1) is 18.1. The molecular formula is C19H23N3O4. The number of hydrogen-bond donors (Lipinski definition) is 1. The number of furan rings is 1. The van der Waals surface area contributed by atoms with Gasteiger partial charge in [-0.2, -0.15) is 0 Å². The van der Waals surface area contributed by atoms with E-state index >= 15 is 0 Å². The van der Waals surface area contributed by atoms with Gasteiger partial charge in [0.2, 0.25) is 11.7 Å². The van der Waals surface area contributed by atoms with Gasteiger partial charge in [0, 0.05) is 18.4 Å². The average molecular weight is 357 g/mol. The summed E-state index contributed by atoms with van der Waals surface area (Å²) in [6, 6.07) is 7.41. The van der Waals surface area contributed by atoms with Crippen LogP contribution in [0.3, 0.4) is 0 Å². The lowest BCUT2D eigenvalue weighted by Crippen LogP contribution is -2.41. The van der Waals surface area contributed by atoms with Crippen LogP contribution in [0.25, 0.3) is 0 Å². The van der Waals surface area contributed by atoms with Crippen LogP contribution in [0.4, 0.5) is 0 Å². The van der Waals surface area contributed by atoms with Crippen molar-refractivity contribution in [2.24, 2.45) is 0 Å². The Labute approximate surface area is 152 Å². The standard InChI is InChI=1S/C19H23N3O4/c1-25-19(24)17-8-7-15(26-17)12-21-18(23)13-22-10-3-2-6-16(22)14-5-4-9-20-11-14/h4-5,7-9,11,16H,2-3,6,10,12-13H2,1H3,(H,21,23). The van der Waals surface area contributed by atoms with E-state index in [0.29, 0.717) is 12.3 Å².